The number of piperidine rings is 1. The van der Waals surface area contributed by atoms with Gasteiger partial charge in [-0.15, -0.1) is 12.4 Å². The fraction of sp³-hybridized carbons (Fsp3) is 0.562. The summed E-state index contributed by atoms with van der Waals surface area (Å²) >= 11 is 0. The SMILES string of the molecule is CC(C)(N)CN1CCC(C(=O)c2c(F)cc(F)cc2F)CC1.Cl. The molecular formula is C16H22ClF3N2O. The van der Waals surface area contributed by atoms with Gasteiger partial charge in [-0.05, 0) is 39.8 Å². The van der Waals surface area contributed by atoms with Crippen molar-refractivity contribution in [2.24, 2.45) is 11.7 Å². The highest BCUT2D eigenvalue weighted by atomic mass is 35.5. The predicted molar refractivity (Wildman–Crippen MR) is 85.3 cm³/mol. The number of ketones is 1. The van der Waals surface area contributed by atoms with E-state index in [-0.39, 0.29) is 17.9 Å². The van der Waals surface area contributed by atoms with E-state index < -0.39 is 34.7 Å². The lowest BCUT2D eigenvalue weighted by Crippen LogP contribution is -2.48. The summed E-state index contributed by atoms with van der Waals surface area (Å²) in [4.78, 5) is 14.4. The van der Waals surface area contributed by atoms with E-state index in [4.69, 9.17) is 5.73 Å². The number of nitrogens with zero attached hydrogens (tertiary/aromatic N) is 1. The van der Waals surface area contributed by atoms with E-state index in [0.717, 1.165) is 0 Å². The Morgan fingerprint density at radius 3 is 2.13 bits per heavy atom. The lowest BCUT2D eigenvalue weighted by Gasteiger charge is -2.35. The quantitative estimate of drug-likeness (QED) is 0.848. The number of nitrogens with two attached hydrogens (primary N) is 1. The number of hydrogen-bond acceptors (Lipinski definition) is 3. The third-order valence-corrected chi connectivity index (χ3v) is 3.84. The van der Waals surface area contributed by atoms with Crippen LogP contribution in [-0.2, 0) is 0 Å². The molecule has 130 valence electrons. The molecule has 23 heavy (non-hydrogen) atoms. The molecule has 1 aliphatic heterocycles. The summed E-state index contributed by atoms with van der Waals surface area (Å²) in [6, 6.07) is 1.09. The second-order valence-electron chi connectivity index (χ2n) is 6.65. The Labute approximate surface area is 140 Å². The number of halogens is 4. The molecule has 1 aliphatic rings. The molecule has 0 saturated carbocycles. The highest BCUT2D eigenvalue weighted by Crippen LogP contribution is 2.25. The van der Waals surface area contributed by atoms with Crippen LogP contribution in [-0.4, -0.2) is 35.9 Å². The molecule has 1 heterocycles. The predicted octanol–water partition coefficient (Wildman–Crippen LogP) is 3.16. The first-order valence-electron chi connectivity index (χ1n) is 7.37. The van der Waals surface area contributed by atoms with E-state index in [2.05, 4.69) is 4.90 Å². The molecule has 0 bridgehead atoms. The number of benzene rings is 1. The molecule has 1 saturated heterocycles. The number of carbonyl (C=O) groups excluding carboxylic acids is 1. The maximum atomic E-state index is 13.7. The van der Waals surface area contributed by atoms with Crippen molar-refractivity contribution in [2.45, 2.75) is 32.2 Å². The molecule has 0 amide bonds. The maximum absolute atomic E-state index is 13.7. The zero-order valence-corrected chi connectivity index (χ0v) is 14.1. The summed E-state index contributed by atoms with van der Waals surface area (Å²) < 4.78 is 40.3. The standard InChI is InChI=1S/C16H21F3N2O.ClH/c1-16(2,20)9-21-5-3-10(4-6-21)15(22)14-12(18)7-11(17)8-13(14)19;/h7-8,10H,3-6,9,20H2,1-2H3;1H. The highest BCUT2D eigenvalue weighted by molar-refractivity contribution is 5.98. The van der Waals surface area contributed by atoms with Crippen molar-refractivity contribution in [3.63, 3.8) is 0 Å². The minimum absolute atomic E-state index is 0. The van der Waals surface area contributed by atoms with Gasteiger partial charge in [-0.1, -0.05) is 0 Å². The Kier molecular flexibility index (Phi) is 6.62. The zero-order valence-electron chi connectivity index (χ0n) is 13.2. The molecular weight excluding hydrogens is 329 g/mol. The van der Waals surface area contributed by atoms with Gasteiger partial charge in [-0.3, -0.25) is 4.79 Å². The van der Waals surface area contributed by atoms with E-state index in [9.17, 15) is 18.0 Å². The summed E-state index contributed by atoms with van der Waals surface area (Å²) in [6.45, 7) is 5.86. The van der Waals surface area contributed by atoms with Crippen LogP contribution in [0.3, 0.4) is 0 Å². The van der Waals surface area contributed by atoms with Gasteiger partial charge in [0.05, 0.1) is 5.56 Å². The number of likely N-dealkylation sites (tertiary alicyclic amines) is 1. The molecule has 0 spiro atoms. The van der Waals surface area contributed by atoms with Crippen LogP contribution in [0.1, 0.15) is 37.0 Å². The molecule has 1 aromatic carbocycles. The van der Waals surface area contributed by atoms with Crippen molar-refractivity contribution in [3.05, 3.63) is 35.1 Å². The monoisotopic (exact) mass is 350 g/mol. The van der Waals surface area contributed by atoms with Gasteiger partial charge in [0.1, 0.15) is 17.5 Å². The molecule has 1 fully saturated rings. The van der Waals surface area contributed by atoms with E-state index in [1.54, 1.807) is 0 Å². The first-order valence-corrected chi connectivity index (χ1v) is 7.37. The smallest absolute Gasteiger partial charge is 0.171 e. The Bertz CT molecular complexity index is 544. The van der Waals surface area contributed by atoms with Crippen LogP contribution in [0.15, 0.2) is 12.1 Å². The second kappa shape index (κ2) is 7.64. The molecule has 2 rings (SSSR count). The molecule has 0 atom stereocenters. The Hall–Kier alpha value is -1.11. The van der Waals surface area contributed by atoms with E-state index in [0.29, 0.717) is 44.6 Å². The summed E-state index contributed by atoms with van der Waals surface area (Å²) in [6.07, 6.45) is 1.04. The van der Waals surface area contributed by atoms with Crippen LogP contribution in [0.5, 0.6) is 0 Å². The van der Waals surface area contributed by atoms with Gasteiger partial charge in [0.25, 0.3) is 0 Å². The number of rotatable bonds is 4. The van der Waals surface area contributed by atoms with Crippen LogP contribution in [0.4, 0.5) is 13.2 Å². The van der Waals surface area contributed by atoms with Gasteiger partial charge < -0.3 is 10.6 Å². The average molecular weight is 351 g/mol. The minimum atomic E-state index is -1.13. The van der Waals surface area contributed by atoms with Gasteiger partial charge in [-0.2, -0.15) is 0 Å². The Morgan fingerprint density at radius 2 is 1.70 bits per heavy atom. The Morgan fingerprint density at radius 1 is 1.22 bits per heavy atom. The van der Waals surface area contributed by atoms with E-state index >= 15 is 0 Å². The maximum Gasteiger partial charge on any atom is 0.171 e. The van der Waals surface area contributed by atoms with Gasteiger partial charge in [-0.25, -0.2) is 13.2 Å². The average Bonchev–Trinajstić information content (AvgIpc) is 2.36. The van der Waals surface area contributed by atoms with Gasteiger partial charge >= 0.3 is 0 Å². The first kappa shape index (κ1) is 19.9. The molecule has 0 aliphatic carbocycles. The third-order valence-electron chi connectivity index (χ3n) is 3.84. The van der Waals surface area contributed by atoms with Crippen molar-refractivity contribution in [1.82, 2.24) is 4.90 Å². The van der Waals surface area contributed by atoms with Crippen LogP contribution in [0.25, 0.3) is 0 Å². The topological polar surface area (TPSA) is 46.3 Å². The van der Waals surface area contributed by atoms with Gasteiger partial charge in [0, 0.05) is 30.1 Å². The van der Waals surface area contributed by atoms with Crippen molar-refractivity contribution >= 4 is 18.2 Å². The minimum Gasteiger partial charge on any atom is -0.324 e. The largest absolute Gasteiger partial charge is 0.324 e. The third kappa shape index (κ3) is 5.19. The van der Waals surface area contributed by atoms with Crippen LogP contribution in [0.2, 0.25) is 0 Å². The summed E-state index contributed by atoms with van der Waals surface area (Å²) in [5.74, 6) is -4.30. The fourth-order valence-corrected chi connectivity index (χ4v) is 2.91. The van der Waals surface area contributed by atoms with Crippen LogP contribution >= 0.6 is 12.4 Å². The molecule has 2 N–H and O–H groups in total. The summed E-state index contributed by atoms with van der Waals surface area (Å²) in [5.41, 5.74) is 5.01. The second-order valence-corrected chi connectivity index (χ2v) is 6.65. The Balaban J connectivity index is 0.00000264. The van der Waals surface area contributed by atoms with Crippen molar-refractivity contribution < 1.29 is 18.0 Å². The highest BCUT2D eigenvalue weighted by Gasteiger charge is 2.30. The van der Waals surface area contributed by atoms with Crippen LogP contribution in [0, 0.1) is 23.4 Å². The normalized spacial score (nSPS) is 17.0. The number of hydrogen-bond donors (Lipinski definition) is 1. The van der Waals surface area contributed by atoms with Crippen molar-refractivity contribution in [2.75, 3.05) is 19.6 Å². The van der Waals surface area contributed by atoms with E-state index in [1.807, 2.05) is 13.8 Å². The van der Waals surface area contributed by atoms with E-state index in [1.165, 1.54) is 0 Å². The first-order chi connectivity index (χ1) is 10.2. The number of carbonyl (C=O) groups is 1. The molecule has 1 aromatic rings. The lowest BCUT2D eigenvalue weighted by molar-refractivity contribution is 0.0817. The molecule has 0 aromatic heterocycles. The summed E-state index contributed by atoms with van der Waals surface area (Å²) in [7, 11) is 0. The number of Topliss-reactive ketones (excluding diaryl/α,β-unsaturated/α-hetero) is 1. The molecule has 0 unspecified atom stereocenters. The molecule has 7 heteroatoms. The van der Waals surface area contributed by atoms with Crippen molar-refractivity contribution in [1.29, 1.82) is 0 Å². The van der Waals surface area contributed by atoms with Gasteiger partial charge in [0.2, 0.25) is 0 Å². The summed E-state index contributed by atoms with van der Waals surface area (Å²) in [5, 5.41) is 0. The van der Waals surface area contributed by atoms with Crippen molar-refractivity contribution in [3.8, 4) is 0 Å². The molecule has 3 nitrogen and oxygen atoms in total. The van der Waals surface area contributed by atoms with Gasteiger partial charge in [0.15, 0.2) is 5.78 Å². The van der Waals surface area contributed by atoms with Crippen LogP contribution < -0.4 is 5.73 Å². The zero-order chi connectivity index (χ0) is 16.5. The lowest BCUT2D eigenvalue weighted by atomic mass is 9.88. The molecule has 0 radical (unpaired) electrons. The fourth-order valence-electron chi connectivity index (χ4n) is 2.91.